The van der Waals surface area contributed by atoms with E-state index in [1.165, 1.54) is 11.1 Å². The number of hydrogen-bond donors (Lipinski definition) is 0. The average Bonchev–Trinajstić information content (AvgIpc) is 3.07. The van der Waals surface area contributed by atoms with Crippen LogP contribution in [0.2, 0.25) is 36.3 Å². The molecule has 3 rings (SSSR count). The molecule has 0 unspecified atom stereocenters. The van der Waals surface area contributed by atoms with E-state index in [9.17, 15) is 0 Å². The van der Waals surface area contributed by atoms with Gasteiger partial charge in [-0.3, -0.25) is 0 Å². The highest BCUT2D eigenvalue weighted by atomic mass is 28.4. The first-order valence-corrected chi connectivity index (χ1v) is 17.4. The zero-order valence-electron chi connectivity index (χ0n) is 21.2. The molecule has 1 fully saturated rings. The lowest BCUT2D eigenvalue weighted by Gasteiger charge is -2.42. The summed E-state index contributed by atoms with van der Waals surface area (Å²) < 4.78 is 20.3. The second-order valence-electron chi connectivity index (χ2n) is 12.6. The van der Waals surface area contributed by atoms with E-state index in [1.54, 1.807) is 0 Å². The van der Waals surface area contributed by atoms with Gasteiger partial charge in [0.15, 0.2) is 16.6 Å². The Kier molecular flexibility index (Phi) is 6.21. The second kappa shape index (κ2) is 7.75. The molecule has 0 aromatic heterocycles. The van der Waals surface area contributed by atoms with Gasteiger partial charge in [0.05, 0.1) is 6.10 Å². The maximum Gasteiger partial charge on any atom is 0.192 e. The van der Waals surface area contributed by atoms with Crippen LogP contribution in [0.1, 0.15) is 65.0 Å². The summed E-state index contributed by atoms with van der Waals surface area (Å²) >= 11 is 0. The molecule has 170 valence electrons. The van der Waals surface area contributed by atoms with Gasteiger partial charge in [0.25, 0.3) is 0 Å². The SMILES string of the molecule is Cc1cccc2c1O[C@H]1C[C@@H](O[Si](C)(C)C(C)(C)C)[C@H](CO[Si](C)(C)C(C)(C)C)[C@@H]21. The zero-order chi connectivity index (χ0) is 22.7. The van der Waals surface area contributed by atoms with Crippen molar-refractivity contribution < 1.29 is 13.6 Å². The van der Waals surface area contributed by atoms with Crippen LogP contribution in [-0.4, -0.2) is 35.4 Å². The quantitative estimate of drug-likeness (QED) is 0.443. The molecular weight excluding hydrogens is 404 g/mol. The largest absolute Gasteiger partial charge is 0.489 e. The summed E-state index contributed by atoms with van der Waals surface area (Å²) in [6.45, 7) is 26.3. The van der Waals surface area contributed by atoms with Gasteiger partial charge in [-0.1, -0.05) is 59.7 Å². The monoisotopic (exact) mass is 448 g/mol. The number of para-hydroxylation sites is 1. The van der Waals surface area contributed by atoms with Crippen LogP contribution >= 0.6 is 0 Å². The molecule has 30 heavy (non-hydrogen) atoms. The van der Waals surface area contributed by atoms with E-state index in [1.807, 2.05) is 0 Å². The predicted molar refractivity (Wildman–Crippen MR) is 132 cm³/mol. The first-order valence-electron chi connectivity index (χ1n) is 11.6. The Bertz CT molecular complexity index is 774. The lowest BCUT2D eigenvalue weighted by Crippen LogP contribution is -2.47. The van der Waals surface area contributed by atoms with E-state index in [2.05, 4.69) is 92.9 Å². The molecule has 1 aliphatic carbocycles. The van der Waals surface area contributed by atoms with E-state index in [-0.39, 0.29) is 22.3 Å². The van der Waals surface area contributed by atoms with E-state index in [0.29, 0.717) is 11.8 Å². The van der Waals surface area contributed by atoms with Crippen LogP contribution in [0.4, 0.5) is 0 Å². The maximum absolute atomic E-state index is 7.00. The van der Waals surface area contributed by atoms with Gasteiger partial charge in [-0.15, -0.1) is 0 Å². The van der Waals surface area contributed by atoms with E-state index < -0.39 is 16.6 Å². The molecule has 0 bridgehead atoms. The molecule has 1 saturated carbocycles. The van der Waals surface area contributed by atoms with Crippen LogP contribution in [0.25, 0.3) is 0 Å². The molecule has 1 aromatic rings. The first kappa shape index (κ1) is 24.0. The molecular formula is C25H44O3Si2. The summed E-state index contributed by atoms with van der Waals surface area (Å²) in [5.74, 6) is 1.83. The third-order valence-corrected chi connectivity index (χ3v) is 17.4. The summed E-state index contributed by atoms with van der Waals surface area (Å²) in [4.78, 5) is 0. The minimum Gasteiger partial charge on any atom is -0.489 e. The molecule has 1 heterocycles. The van der Waals surface area contributed by atoms with Gasteiger partial charge in [0.2, 0.25) is 0 Å². The van der Waals surface area contributed by atoms with Crippen LogP contribution < -0.4 is 4.74 Å². The lowest BCUT2D eigenvalue weighted by molar-refractivity contribution is 0.0936. The van der Waals surface area contributed by atoms with Crippen LogP contribution in [0.3, 0.4) is 0 Å². The molecule has 3 nitrogen and oxygen atoms in total. The third-order valence-electron chi connectivity index (χ3n) is 8.37. The van der Waals surface area contributed by atoms with Crippen molar-refractivity contribution >= 4 is 16.6 Å². The Morgan fingerprint density at radius 3 is 2.13 bits per heavy atom. The normalized spacial score (nSPS) is 27.0. The fourth-order valence-electron chi connectivity index (χ4n) is 4.28. The van der Waals surface area contributed by atoms with Crippen LogP contribution in [0.15, 0.2) is 18.2 Å². The van der Waals surface area contributed by atoms with Crippen molar-refractivity contribution in [3.63, 3.8) is 0 Å². The number of aryl methyl sites for hydroxylation is 1. The number of hydrogen-bond acceptors (Lipinski definition) is 3. The average molecular weight is 449 g/mol. The zero-order valence-corrected chi connectivity index (χ0v) is 23.2. The van der Waals surface area contributed by atoms with E-state index in [0.717, 1.165) is 18.8 Å². The highest BCUT2D eigenvalue weighted by Crippen LogP contribution is 2.54. The molecule has 0 saturated heterocycles. The highest BCUT2D eigenvalue weighted by Gasteiger charge is 2.54. The lowest BCUT2D eigenvalue weighted by atomic mass is 9.88. The summed E-state index contributed by atoms with van der Waals surface area (Å²) in [6.07, 6.45) is 1.39. The summed E-state index contributed by atoms with van der Waals surface area (Å²) in [6, 6.07) is 6.60. The standard InChI is InChI=1S/C25H44O3Si2/c1-17-13-12-14-18-22-19(16-26-29(8,9)24(2,3)4)20(15-21(22)27-23(17)18)28-30(10,11)25(5,6)7/h12-14,19-22H,15-16H2,1-11H3/t19-,20+,21-,22+/m0/s1. The topological polar surface area (TPSA) is 27.7 Å². The summed E-state index contributed by atoms with van der Waals surface area (Å²) in [5.41, 5.74) is 2.61. The Hall–Kier alpha value is -0.626. The molecule has 0 spiro atoms. The Labute approximate surface area is 187 Å². The third kappa shape index (κ3) is 4.32. The fraction of sp³-hybridized carbons (Fsp3) is 0.760. The molecule has 1 aromatic carbocycles. The van der Waals surface area contributed by atoms with Crippen molar-refractivity contribution in [3.8, 4) is 5.75 Å². The molecule has 1 aliphatic heterocycles. The molecule has 0 radical (unpaired) electrons. The van der Waals surface area contributed by atoms with Crippen molar-refractivity contribution in [3.05, 3.63) is 29.3 Å². The second-order valence-corrected chi connectivity index (χ2v) is 22.1. The van der Waals surface area contributed by atoms with Gasteiger partial charge in [0.1, 0.15) is 11.9 Å². The Balaban J connectivity index is 1.91. The van der Waals surface area contributed by atoms with Crippen LogP contribution in [0.5, 0.6) is 5.75 Å². The minimum absolute atomic E-state index is 0.199. The highest BCUT2D eigenvalue weighted by molar-refractivity contribution is 6.74. The van der Waals surface area contributed by atoms with Crippen molar-refractivity contribution in [1.82, 2.24) is 0 Å². The van der Waals surface area contributed by atoms with E-state index >= 15 is 0 Å². The minimum atomic E-state index is -1.87. The Morgan fingerprint density at radius 2 is 1.57 bits per heavy atom. The number of fused-ring (bicyclic) bond motifs is 3. The van der Waals surface area contributed by atoms with E-state index in [4.69, 9.17) is 13.6 Å². The molecule has 0 N–H and O–H groups in total. The summed E-state index contributed by atoms with van der Waals surface area (Å²) in [7, 11) is -3.70. The van der Waals surface area contributed by atoms with Crippen LogP contribution in [-0.2, 0) is 8.85 Å². The maximum atomic E-state index is 7.00. The molecule has 2 aliphatic rings. The van der Waals surface area contributed by atoms with Crippen LogP contribution in [0, 0.1) is 12.8 Å². The summed E-state index contributed by atoms with van der Waals surface area (Å²) in [5, 5.41) is 0.409. The smallest absolute Gasteiger partial charge is 0.192 e. The van der Waals surface area contributed by atoms with Gasteiger partial charge in [0, 0.05) is 30.4 Å². The van der Waals surface area contributed by atoms with Gasteiger partial charge < -0.3 is 13.6 Å². The van der Waals surface area contributed by atoms with Gasteiger partial charge in [-0.05, 0) is 48.8 Å². The number of ether oxygens (including phenoxy) is 1. The van der Waals surface area contributed by atoms with Crippen molar-refractivity contribution in [2.45, 2.75) is 109 Å². The number of rotatable bonds is 5. The molecule has 5 heteroatoms. The Morgan fingerprint density at radius 1 is 0.967 bits per heavy atom. The fourth-order valence-corrected chi connectivity index (χ4v) is 6.71. The van der Waals surface area contributed by atoms with Crippen molar-refractivity contribution in [2.24, 2.45) is 5.92 Å². The first-order chi connectivity index (χ1) is 13.6. The molecule has 0 amide bonds. The predicted octanol–water partition coefficient (Wildman–Crippen LogP) is 7.27. The van der Waals surface area contributed by atoms with Crippen molar-refractivity contribution in [2.75, 3.05) is 6.61 Å². The molecule has 4 atom stereocenters. The van der Waals surface area contributed by atoms with Crippen molar-refractivity contribution in [1.29, 1.82) is 0 Å². The number of benzene rings is 1. The van der Waals surface area contributed by atoms with Gasteiger partial charge in [-0.25, -0.2) is 0 Å². The van der Waals surface area contributed by atoms with Gasteiger partial charge in [-0.2, -0.15) is 0 Å². The van der Waals surface area contributed by atoms with Gasteiger partial charge >= 0.3 is 0 Å².